The highest BCUT2D eigenvalue weighted by atomic mass is 32.1. The van der Waals surface area contributed by atoms with Gasteiger partial charge in [0.2, 0.25) is 5.91 Å². The van der Waals surface area contributed by atoms with E-state index in [0.717, 1.165) is 5.56 Å². The summed E-state index contributed by atoms with van der Waals surface area (Å²) < 4.78 is 5.25. The molecule has 1 aromatic carbocycles. The fourth-order valence-electron chi connectivity index (χ4n) is 2.20. The Balaban J connectivity index is 1.71. The van der Waals surface area contributed by atoms with E-state index in [9.17, 15) is 9.59 Å². The number of carbonyl (C=O) groups excluding carboxylic acids is 2. The molecule has 0 aliphatic heterocycles. The molecule has 0 bridgehead atoms. The van der Waals surface area contributed by atoms with Gasteiger partial charge >= 0.3 is 0 Å². The number of nitrogens with zero attached hydrogens (tertiary/aromatic N) is 1. The summed E-state index contributed by atoms with van der Waals surface area (Å²) in [6.07, 6.45) is 1.87. The average Bonchev–Trinajstić information content (AvgIpc) is 3.26. The summed E-state index contributed by atoms with van der Waals surface area (Å²) in [6.45, 7) is 0. The van der Waals surface area contributed by atoms with E-state index in [-0.39, 0.29) is 5.69 Å². The highest BCUT2D eigenvalue weighted by molar-refractivity contribution is 7.13. The molecule has 0 fully saturated rings. The van der Waals surface area contributed by atoms with Crippen molar-refractivity contribution >= 4 is 23.2 Å². The maximum Gasteiger partial charge on any atom is 0.271 e. The first-order valence-electron chi connectivity index (χ1n) is 7.27. The van der Waals surface area contributed by atoms with Crippen molar-refractivity contribution in [1.29, 1.82) is 0 Å². The van der Waals surface area contributed by atoms with E-state index in [4.69, 9.17) is 10.2 Å². The van der Waals surface area contributed by atoms with Crippen LogP contribution in [-0.2, 0) is 11.2 Å². The molecule has 1 atom stereocenters. The lowest BCUT2D eigenvalue weighted by atomic mass is 10.1. The van der Waals surface area contributed by atoms with Gasteiger partial charge in [-0.3, -0.25) is 9.59 Å². The molecule has 7 heteroatoms. The number of primary amides is 1. The standard InChI is InChI=1S/C17H15N3O3S/c18-15(21)12(9-11-5-2-1-3-6-11)19-16(22)13-10-24-17(20-13)14-7-4-8-23-14/h1-8,10,12H,9H2,(H2,18,21)(H,19,22)/t12-/m0/s1. The molecule has 0 aliphatic carbocycles. The van der Waals surface area contributed by atoms with E-state index in [1.165, 1.54) is 11.3 Å². The van der Waals surface area contributed by atoms with Crippen LogP contribution in [0.15, 0.2) is 58.5 Å². The van der Waals surface area contributed by atoms with E-state index in [0.29, 0.717) is 17.2 Å². The molecule has 3 rings (SSSR count). The van der Waals surface area contributed by atoms with Gasteiger partial charge in [0.25, 0.3) is 5.91 Å². The molecule has 0 spiro atoms. The number of hydrogen-bond donors (Lipinski definition) is 2. The molecule has 0 aliphatic rings. The molecule has 0 radical (unpaired) electrons. The molecular formula is C17H15N3O3S. The van der Waals surface area contributed by atoms with Crippen LogP contribution in [0.3, 0.4) is 0 Å². The molecule has 24 heavy (non-hydrogen) atoms. The number of nitrogens with one attached hydrogen (secondary N) is 1. The third-order valence-corrected chi connectivity index (χ3v) is 4.26. The highest BCUT2D eigenvalue weighted by Gasteiger charge is 2.21. The van der Waals surface area contributed by atoms with Crippen LogP contribution in [0.5, 0.6) is 0 Å². The van der Waals surface area contributed by atoms with Gasteiger partial charge in [-0.1, -0.05) is 30.3 Å². The van der Waals surface area contributed by atoms with Crippen molar-refractivity contribution in [3.05, 3.63) is 65.4 Å². The number of hydrogen-bond acceptors (Lipinski definition) is 5. The van der Waals surface area contributed by atoms with Crippen LogP contribution in [0.25, 0.3) is 10.8 Å². The minimum absolute atomic E-state index is 0.228. The van der Waals surface area contributed by atoms with Crippen LogP contribution >= 0.6 is 11.3 Å². The molecule has 2 aromatic heterocycles. The first kappa shape index (κ1) is 15.9. The van der Waals surface area contributed by atoms with Crippen molar-refractivity contribution in [1.82, 2.24) is 10.3 Å². The summed E-state index contributed by atoms with van der Waals surface area (Å²) in [7, 11) is 0. The van der Waals surface area contributed by atoms with Crippen LogP contribution in [0, 0.1) is 0 Å². The Morgan fingerprint density at radius 1 is 1.21 bits per heavy atom. The Morgan fingerprint density at radius 3 is 2.67 bits per heavy atom. The molecule has 2 amide bonds. The smallest absolute Gasteiger partial charge is 0.271 e. The minimum Gasteiger partial charge on any atom is -0.462 e. The van der Waals surface area contributed by atoms with Gasteiger partial charge in [0.05, 0.1) is 6.26 Å². The predicted molar refractivity (Wildman–Crippen MR) is 90.4 cm³/mol. The van der Waals surface area contributed by atoms with Crippen molar-refractivity contribution in [2.45, 2.75) is 12.5 Å². The molecule has 0 saturated carbocycles. The van der Waals surface area contributed by atoms with Crippen LogP contribution in [0.2, 0.25) is 0 Å². The minimum atomic E-state index is -0.798. The highest BCUT2D eigenvalue weighted by Crippen LogP contribution is 2.23. The van der Waals surface area contributed by atoms with Crippen molar-refractivity contribution < 1.29 is 14.0 Å². The predicted octanol–water partition coefficient (Wildman–Crippen LogP) is 2.23. The van der Waals surface area contributed by atoms with Crippen molar-refractivity contribution in [3.8, 4) is 10.8 Å². The Morgan fingerprint density at radius 2 is 2.00 bits per heavy atom. The summed E-state index contributed by atoms with van der Waals surface area (Å²) in [4.78, 5) is 28.2. The number of amides is 2. The summed E-state index contributed by atoms with van der Waals surface area (Å²) in [5, 5.41) is 4.86. The fourth-order valence-corrected chi connectivity index (χ4v) is 2.96. The molecule has 122 valence electrons. The second-order valence-electron chi connectivity index (χ2n) is 5.13. The molecule has 6 nitrogen and oxygen atoms in total. The average molecular weight is 341 g/mol. The molecule has 0 saturated heterocycles. The topological polar surface area (TPSA) is 98.2 Å². The van der Waals surface area contributed by atoms with Gasteiger partial charge in [-0.15, -0.1) is 11.3 Å². The van der Waals surface area contributed by atoms with Gasteiger partial charge in [-0.05, 0) is 17.7 Å². The van der Waals surface area contributed by atoms with Crippen molar-refractivity contribution in [2.24, 2.45) is 5.73 Å². The molecule has 0 unspecified atom stereocenters. The number of nitrogens with two attached hydrogens (primary N) is 1. The number of benzene rings is 1. The van der Waals surface area contributed by atoms with Crippen molar-refractivity contribution in [3.63, 3.8) is 0 Å². The fraction of sp³-hybridized carbons (Fsp3) is 0.118. The van der Waals surface area contributed by atoms with Crippen LogP contribution in [0.1, 0.15) is 16.1 Å². The van der Waals surface area contributed by atoms with Gasteiger partial charge in [0, 0.05) is 11.8 Å². The number of furan rings is 1. The zero-order valence-electron chi connectivity index (χ0n) is 12.6. The van der Waals surface area contributed by atoms with Gasteiger partial charge in [0.15, 0.2) is 10.8 Å². The first-order valence-corrected chi connectivity index (χ1v) is 8.15. The van der Waals surface area contributed by atoms with Crippen LogP contribution < -0.4 is 11.1 Å². The third kappa shape index (κ3) is 3.69. The van der Waals surface area contributed by atoms with Gasteiger partial charge in [-0.2, -0.15) is 0 Å². The lowest BCUT2D eigenvalue weighted by Crippen LogP contribution is -2.45. The zero-order chi connectivity index (χ0) is 16.9. The van der Waals surface area contributed by atoms with E-state index in [1.807, 2.05) is 30.3 Å². The monoisotopic (exact) mass is 341 g/mol. The van der Waals surface area contributed by atoms with E-state index < -0.39 is 17.9 Å². The Kier molecular flexibility index (Phi) is 4.72. The summed E-state index contributed by atoms with van der Waals surface area (Å²) in [5.74, 6) is -0.438. The number of carbonyl (C=O) groups is 2. The molecule has 2 heterocycles. The maximum atomic E-state index is 12.3. The lowest BCUT2D eigenvalue weighted by Gasteiger charge is -2.14. The Hall–Kier alpha value is -2.93. The number of aromatic nitrogens is 1. The summed E-state index contributed by atoms with van der Waals surface area (Å²) >= 11 is 1.29. The summed E-state index contributed by atoms with van der Waals surface area (Å²) in [5.41, 5.74) is 6.55. The molecule has 3 aromatic rings. The number of rotatable bonds is 6. The molecular weight excluding hydrogens is 326 g/mol. The SMILES string of the molecule is NC(=O)[C@H](Cc1ccccc1)NC(=O)c1csc(-c2ccco2)n1. The zero-order valence-corrected chi connectivity index (χ0v) is 13.5. The largest absolute Gasteiger partial charge is 0.462 e. The van der Waals surface area contributed by atoms with E-state index in [2.05, 4.69) is 10.3 Å². The Labute approximate surface area is 142 Å². The van der Waals surface area contributed by atoms with Gasteiger partial charge in [-0.25, -0.2) is 4.98 Å². The summed E-state index contributed by atoms with van der Waals surface area (Å²) in [6, 6.07) is 12.1. The Bertz CT molecular complexity index is 828. The van der Waals surface area contributed by atoms with E-state index >= 15 is 0 Å². The van der Waals surface area contributed by atoms with Gasteiger partial charge in [0.1, 0.15) is 11.7 Å². The van der Waals surface area contributed by atoms with E-state index in [1.54, 1.807) is 23.8 Å². The maximum absolute atomic E-state index is 12.3. The normalized spacial score (nSPS) is 11.8. The van der Waals surface area contributed by atoms with Gasteiger partial charge < -0.3 is 15.5 Å². The quantitative estimate of drug-likeness (QED) is 0.718. The lowest BCUT2D eigenvalue weighted by molar-refractivity contribution is -0.119. The number of thiazole rings is 1. The van der Waals surface area contributed by atoms with Crippen molar-refractivity contribution in [2.75, 3.05) is 0 Å². The second-order valence-corrected chi connectivity index (χ2v) is 5.99. The van der Waals surface area contributed by atoms with Crippen LogP contribution in [-0.4, -0.2) is 22.8 Å². The third-order valence-electron chi connectivity index (χ3n) is 3.40. The first-order chi connectivity index (χ1) is 11.6. The van der Waals surface area contributed by atoms with Crippen LogP contribution in [0.4, 0.5) is 0 Å². The molecule has 3 N–H and O–H groups in total. The second kappa shape index (κ2) is 7.10.